The summed E-state index contributed by atoms with van der Waals surface area (Å²) in [5, 5.41) is 0. The van der Waals surface area contributed by atoms with Crippen molar-refractivity contribution < 1.29 is 4.79 Å². The second-order valence-corrected chi connectivity index (χ2v) is 6.98. The minimum Gasteiger partial charge on any atom is -0.359 e. The van der Waals surface area contributed by atoms with Crippen molar-refractivity contribution in [3.63, 3.8) is 0 Å². The summed E-state index contributed by atoms with van der Waals surface area (Å²) in [7, 11) is 0. The van der Waals surface area contributed by atoms with Crippen LogP contribution in [0.5, 0.6) is 0 Å². The van der Waals surface area contributed by atoms with Gasteiger partial charge in [-0.25, -0.2) is 0 Å². The van der Waals surface area contributed by atoms with E-state index >= 15 is 0 Å². The summed E-state index contributed by atoms with van der Waals surface area (Å²) in [6.07, 6.45) is 3.19. The molecule has 3 heteroatoms. The van der Waals surface area contributed by atoms with E-state index in [1.165, 1.54) is 22.4 Å². The van der Waals surface area contributed by atoms with E-state index in [4.69, 9.17) is 0 Å². The van der Waals surface area contributed by atoms with Crippen molar-refractivity contribution in [1.29, 1.82) is 0 Å². The van der Waals surface area contributed by atoms with Crippen LogP contribution in [0.25, 0.3) is 0 Å². The number of hydrogen-bond donors (Lipinski definition) is 0. The fourth-order valence-corrected chi connectivity index (χ4v) is 3.96. The van der Waals surface area contributed by atoms with Crippen LogP contribution in [0.4, 0.5) is 5.69 Å². The van der Waals surface area contributed by atoms with Crippen molar-refractivity contribution in [3.05, 3.63) is 65.2 Å². The number of fused-ring (bicyclic) bond motifs is 2. The molecule has 0 aromatic heterocycles. The molecule has 0 saturated carbocycles. The highest BCUT2D eigenvalue weighted by atomic mass is 16.2. The van der Waals surface area contributed by atoms with Crippen LogP contribution in [0.2, 0.25) is 0 Å². The van der Waals surface area contributed by atoms with E-state index in [1.54, 1.807) is 0 Å². The lowest BCUT2D eigenvalue weighted by molar-refractivity contribution is -0.130. The molecule has 1 amide bonds. The van der Waals surface area contributed by atoms with Crippen LogP contribution in [-0.2, 0) is 24.2 Å². The number of amides is 1. The van der Waals surface area contributed by atoms with Crippen LogP contribution >= 0.6 is 0 Å². The maximum atomic E-state index is 12.9. The fourth-order valence-electron chi connectivity index (χ4n) is 3.96. The zero-order valence-corrected chi connectivity index (χ0v) is 14.2. The van der Waals surface area contributed by atoms with E-state index in [2.05, 4.69) is 60.4 Å². The van der Waals surface area contributed by atoms with Crippen LogP contribution in [-0.4, -0.2) is 29.9 Å². The maximum absolute atomic E-state index is 12.9. The summed E-state index contributed by atoms with van der Waals surface area (Å²) in [5.41, 5.74) is 5.29. The Balaban J connectivity index is 1.51. The Hall–Kier alpha value is -2.29. The molecule has 4 rings (SSSR count). The third-order valence-corrected chi connectivity index (χ3v) is 5.45. The largest absolute Gasteiger partial charge is 0.359 e. The Labute approximate surface area is 143 Å². The first-order chi connectivity index (χ1) is 11.7. The van der Waals surface area contributed by atoms with Gasteiger partial charge in [0.05, 0.1) is 6.54 Å². The van der Waals surface area contributed by atoms with E-state index in [0.29, 0.717) is 12.6 Å². The van der Waals surface area contributed by atoms with Crippen LogP contribution in [0.1, 0.15) is 30.0 Å². The summed E-state index contributed by atoms with van der Waals surface area (Å²) in [5.74, 6) is 0.244. The standard InChI is InChI=1S/C21H24N2O/c1-16-10-11-18-7-4-5-9-20(18)23(16)15-21(24)22-13-12-17-6-2-3-8-19(17)14-22/h2-9,16H,10-15H2,1H3. The average molecular weight is 320 g/mol. The quantitative estimate of drug-likeness (QED) is 0.846. The zero-order valence-electron chi connectivity index (χ0n) is 14.2. The molecule has 0 N–H and O–H groups in total. The fraction of sp³-hybridized carbons (Fsp3) is 0.381. The molecule has 2 aromatic carbocycles. The van der Waals surface area contributed by atoms with Gasteiger partial charge < -0.3 is 9.80 Å². The summed E-state index contributed by atoms with van der Waals surface area (Å²) in [6.45, 7) is 4.30. The van der Waals surface area contributed by atoms with Gasteiger partial charge in [-0.15, -0.1) is 0 Å². The molecule has 2 aliphatic rings. The second kappa shape index (κ2) is 6.31. The third kappa shape index (κ3) is 2.79. The molecule has 124 valence electrons. The maximum Gasteiger partial charge on any atom is 0.242 e. The Morgan fingerprint density at radius 2 is 1.71 bits per heavy atom. The highest BCUT2D eigenvalue weighted by Gasteiger charge is 2.27. The SMILES string of the molecule is CC1CCc2ccccc2N1CC(=O)N1CCc2ccccc2C1. The molecule has 2 aliphatic heterocycles. The first kappa shape index (κ1) is 15.3. The van der Waals surface area contributed by atoms with Crippen LogP contribution in [0.15, 0.2) is 48.5 Å². The average Bonchev–Trinajstić information content (AvgIpc) is 2.63. The smallest absolute Gasteiger partial charge is 0.242 e. The molecule has 0 saturated heterocycles. The van der Waals surface area contributed by atoms with Crippen LogP contribution in [0, 0.1) is 0 Å². The van der Waals surface area contributed by atoms with Gasteiger partial charge in [-0.1, -0.05) is 42.5 Å². The van der Waals surface area contributed by atoms with Gasteiger partial charge in [-0.05, 0) is 48.9 Å². The number of aryl methyl sites for hydroxylation is 1. The molecule has 2 heterocycles. The third-order valence-electron chi connectivity index (χ3n) is 5.45. The van der Waals surface area contributed by atoms with Crippen molar-refractivity contribution in [2.45, 2.75) is 38.8 Å². The van der Waals surface area contributed by atoms with E-state index in [9.17, 15) is 4.79 Å². The Morgan fingerprint density at radius 3 is 2.54 bits per heavy atom. The molecule has 1 atom stereocenters. The second-order valence-electron chi connectivity index (χ2n) is 6.98. The lowest BCUT2D eigenvalue weighted by Crippen LogP contribution is -2.47. The first-order valence-electron chi connectivity index (χ1n) is 8.91. The van der Waals surface area contributed by atoms with Gasteiger partial charge in [-0.3, -0.25) is 4.79 Å². The topological polar surface area (TPSA) is 23.6 Å². The normalized spacial score (nSPS) is 19.6. The molecule has 0 aliphatic carbocycles. The first-order valence-corrected chi connectivity index (χ1v) is 8.91. The van der Waals surface area contributed by atoms with Crippen molar-refractivity contribution in [2.75, 3.05) is 18.0 Å². The molecular formula is C21H24N2O. The summed E-state index contributed by atoms with van der Waals surface area (Å²) < 4.78 is 0. The molecule has 0 bridgehead atoms. The van der Waals surface area contributed by atoms with Gasteiger partial charge in [0.2, 0.25) is 5.91 Å². The van der Waals surface area contributed by atoms with Gasteiger partial charge >= 0.3 is 0 Å². The zero-order chi connectivity index (χ0) is 16.5. The molecular weight excluding hydrogens is 296 g/mol. The lowest BCUT2D eigenvalue weighted by atomic mass is 9.96. The Kier molecular flexibility index (Phi) is 4.01. The Bertz CT molecular complexity index is 755. The van der Waals surface area contributed by atoms with Crippen LogP contribution in [0.3, 0.4) is 0 Å². The van der Waals surface area contributed by atoms with E-state index in [-0.39, 0.29) is 5.91 Å². The van der Waals surface area contributed by atoms with Crippen molar-refractivity contribution in [3.8, 4) is 0 Å². The minimum absolute atomic E-state index is 0.244. The number of carbonyl (C=O) groups is 1. The van der Waals surface area contributed by atoms with E-state index in [0.717, 1.165) is 32.4 Å². The molecule has 0 spiro atoms. The van der Waals surface area contributed by atoms with Crippen molar-refractivity contribution in [1.82, 2.24) is 4.90 Å². The summed E-state index contributed by atoms with van der Waals surface area (Å²) in [6, 6.07) is 17.4. The van der Waals surface area contributed by atoms with Gasteiger partial charge in [0, 0.05) is 24.8 Å². The molecule has 0 radical (unpaired) electrons. The number of anilines is 1. The number of nitrogens with zero attached hydrogens (tertiary/aromatic N) is 2. The molecule has 24 heavy (non-hydrogen) atoms. The minimum atomic E-state index is 0.244. The molecule has 2 aromatic rings. The monoisotopic (exact) mass is 320 g/mol. The number of benzene rings is 2. The number of rotatable bonds is 2. The van der Waals surface area contributed by atoms with Gasteiger partial charge in [0.15, 0.2) is 0 Å². The highest BCUT2D eigenvalue weighted by Crippen LogP contribution is 2.30. The molecule has 1 unspecified atom stereocenters. The van der Waals surface area contributed by atoms with Gasteiger partial charge in [-0.2, -0.15) is 0 Å². The summed E-state index contributed by atoms with van der Waals surface area (Å²) in [4.78, 5) is 17.2. The van der Waals surface area contributed by atoms with E-state index < -0.39 is 0 Å². The van der Waals surface area contributed by atoms with Gasteiger partial charge in [0.1, 0.15) is 0 Å². The molecule has 0 fully saturated rings. The predicted octanol–water partition coefficient (Wildman–Crippen LogP) is 3.41. The molecule has 3 nitrogen and oxygen atoms in total. The van der Waals surface area contributed by atoms with Crippen molar-refractivity contribution >= 4 is 11.6 Å². The van der Waals surface area contributed by atoms with Gasteiger partial charge in [0.25, 0.3) is 0 Å². The predicted molar refractivity (Wildman–Crippen MR) is 97.1 cm³/mol. The van der Waals surface area contributed by atoms with Crippen molar-refractivity contribution in [2.24, 2.45) is 0 Å². The number of para-hydroxylation sites is 1. The lowest BCUT2D eigenvalue weighted by Gasteiger charge is -2.38. The number of hydrogen-bond acceptors (Lipinski definition) is 2. The van der Waals surface area contributed by atoms with Crippen LogP contribution < -0.4 is 4.90 Å². The highest BCUT2D eigenvalue weighted by molar-refractivity contribution is 5.82. The van der Waals surface area contributed by atoms with E-state index in [1.807, 2.05) is 4.90 Å². The number of carbonyl (C=O) groups excluding carboxylic acids is 1. The Morgan fingerprint density at radius 1 is 1.00 bits per heavy atom. The summed E-state index contributed by atoms with van der Waals surface area (Å²) >= 11 is 0.